The minimum atomic E-state index is -4.18. The molecule has 0 aliphatic rings. The van der Waals surface area contributed by atoms with Crippen LogP contribution in [0.3, 0.4) is 0 Å². The van der Waals surface area contributed by atoms with Gasteiger partial charge in [-0.25, -0.2) is 12.8 Å². The van der Waals surface area contributed by atoms with Gasteiger partial charge in [0.25, 0.3) is 0 Å². The van der Waals surface area contributed by atoms with Crippen LogP contribution in [0.15, 0.2) is 50.4 Å². The molecule has 0 spiro atoms. The van der Waals surface area contributed by atoms with Crippen molar-refractivity contribution in [2.45, 2.75) is 23.9 Å². The molecule has 1 heterocycles. The summed E-state index contributed by atoms with van der Waals surface area (Å²) in [4.78, 5) is 13.7. The van der Waals surface area contributed by atoms with Gasteiger partial charge in [-0.1, -0.05) is 12.1 Å². The zero-order chi connectivity index (χ0) is 20.0. The molecule has 1 aromatic carbocycles. The number of carbonyl (C=O) groups is 1. The molecule has 1 unspecified atom stereocenters. The van der Waals surface area contributed by atoms with Crippen molar-refractivity contribution < 1.29 is 22.0 Å². The van der Waals surface area contributed by atoms with E-state index >= 15 is 0 Å². The summed E-state index contributed by atoms with van der Waals surface area (Å²) in [6.07, 6.45) is 2.14. The van der Waals surface area contributed by atoms with Crippen molar-refractivity contribution in [3.8, 4) is 0 Å². The number of halogens is 2. The quantitative estimate of drug-likeness (QED) is 0.598. The van der Waals surface area contributed by atoms with Gasteiger partial charge in [0.1, 0.15) is 22.5 Å². The van der Waals surface area contributed by atoms with Gasteiger partial charge in [0.05, 0.1) is 6.54 Å². The average molecular weight is 479 g/mol. The number of thioether (sulfide) groups is 1. The van der Waals surface area contributed by atoms with Crippen molar-refractivity contribution in [1.29, 1.82) is 0 Å². The molecule has 27 heavy (non-hydrogen) atoms. The molecule has 0 aliphatic carbocycles. The third kappa shape index (κ3) is 6.06. The van der Waals surface area contributed by atoms with Crippen molar-refractivity contribution in [2.75, 3.05) is 19.1 Å². The van der Waals surface area contributed by atoms with E-state index in [1.165, 1.54) is 28.8 Å². The smallest absolute Gasteiger partial charge is 0.244 e. The highest BCUT2D eigenvalue weighted by Gasteiger charge is 2.29. The first-order valence-electron chi connectivity index (χ1n) is 7.99. The number of rotatable bonds is 9. The Bertz CT molecular complexity index is 889. The Hall–Kier alpha value is -1.36. The summed E-state index contributed by atoms with van der Waals surface area (Å²) in [5.41, 5.74) is 0. The second-order valence-corrected chi connectivity index (χ2v) is 9.24. The largest absolute Gasteiger partial charge is 0.452 e. The third-order valence-corrected chi connectivity index (χ3v) is 6.31. The summed E-state index contributed by atoms with van der Waals surface area (Å²) in [7, 11) is -2.62. The summed E-state index contributed by atoms with van der Waals surface area (Å²) in [6, 6.07) is 7.47. The molecule has 0 radical (unpaired) electrons. The SMILES string of the molecule is CSCCC(NS(=O)(=O)c1ccccc1F)C(=O)N(C)Cc1ccc(Br)o1. The molecule has 1 N–H and O–H groups in total. The topological polar surface area (TPSA) is 79.6 Å². The molecule has 148 valence electrons. The van der Waals surface area contributed by atoms with E-state index in [1.807, 2.05) is 6.26 Å². The molecule has 0 bridgehead atoms. The Morgan fingerprint density at radius 3 is 2.63 bits per heavy atom. The predicted molar refractivity (Wildman–Crippen MR) is 106 cm³/mol. The van der Waals surface area contributed by atoms with Gasteiger partial charge in [-0.05, 0) is 58.6 Å². The van der Waals surface area contributed by atoms with Crippen LogP contribution >= 0.6 is 27.7 Å². The third-order valence-electron chi connectivity index (χ3n) is 3.73. The number of sulfonamides is 1. The number of furan rings is 1. The Morgan fingerprint density at radius 1 is 1.33 bits per heavy atom. The first-order valence-corrected chi connectivity index (χ1v) is 11.7. The molecule has 1 amide bonds. The fraction of sp³-hybridized carbons (Fsp3) is 0.353. The minimum Gasteiger partial charge on any atom is -0.452 e. The van der Waals surface area contributed by atoms with E-state index in [4.69, 9.17) is 4.42 Å². The van der Waals surface area contributed by atoms with Gasteiger partial charge in [-0.2, -0.15) is 16.5 Å². The number of carbonyl (C=O) groups excluding carboxylic acids is 1. The van der Waals surface area contributed by atoms with Gasteiger partial charge in [-0.15, -0.1) is 0 Å². The van der Waals surface area contributed by atoms with E-state index in [2.05, 4.69) is 20.7 Å². The second kappa shape index (κ2) is 9.72. The van der Waals surface area contributed by atoms with Crippen LogP contribution in [0.5, 0.6) is 0 Å². The minimum absolute atomic E-state index is 0.182. The average Bonchev–Trinajstić information content (AvgIpc) is 3.02. The number of nitrogens with one attached hydrogen (secondary N) is 1. The highest BCUT2D eigenvalue weighted by Crippen LogP contribution is 2.18. The number of likely N-dealkylation sites (N-methyl/N-ethyl adjacent to an activating group) is 1. The molecule has 0 fully saturated rings. The lowest BCUT2D eigenvalue weighted by molar-refractivity contribution is -0.132. The lowest BCUT2D eigenvalue weighted by Crippen LogP contribution is -2.47. The van der Waals surface area contributed by atoms with E-state index in [9.17, 15) is 17.6 Å². The van der Waals surface area contributed by atoms with Crippen LogP contribution in [0.25, 0.3) is 0 Å². The van der Waals surface area contributed by atoms with Gasteiger partial charge in [0, 0.05) is 7.05 Å². The normalized spacial score (nSPS) is 12.7. The fourth-order valence-electron chi connectivity index (χ4n) is 2.40. The summed E-state index contributed by atoms with van der Waals surface area (Å²) >= 11 is 4.68. The molecule has 1 aromatic heterocycles. The summed E-state index contributed by atoms with van der Waals surface area (Å²) in [5.74, 6) is -0.166. The summed E-state index contributed by atoms with van der Waals surface area (Å²) < 4.78 is 47.3. The monoisotopic (exact) mass is 478 g/mol. The van der Waals surface area contributed by atoms with Crippen LogP contribution in [0.1, 0.15) is 12.2 Å². The first-order chi connectivity index (χ1) is 12.7. The number of nitrogens with zero attached hydrogens (tertiary/aromatic N) is 1. The molecule has 2 aromatic rings. The van der Waals surface area contributed by atoms with Crippen LogP contribution in [-0.2, 0) is 21.4 Å². The summed E-state index contributed by atoms with van der Waals surface area (Å²) in [5, 5.41) is 0. The Labute approximate surface area is 170 Å². The van der Waals surface area contributed by atoms with Gasteiger partial charge in [0.15, 0.2) is 4.67 Å². The molecule has 0 aliphatic heterocycles. The highest BCUT2D eigenvalue weighted by molar-refractivity contribution is 9.10. The van der Waals surface area contributed by atoms with Gasteiger partial charge >= 0.3 is 0 Å². The zero-order valence-corrected chi connectivity index (χ0v) is 18.0. The number of benzene rings is 1. The Kier molecular flexibility index (Phi) is 7.90. The van der Waals surface area contributed by atoms with Crippen molar-refractivity contribution >= 4 is 43.6 Å². The van der Waals surface area contributed by atoms with Crippen molar-refractivity contribution in [2.24, 2.45) is 0 Å². The lowest BCUT2D eigenvalue weighted by atomic mass is 10.2. The molecule has 0 saturated carbocycles. The molecule has 6 nitrogen and oxygen atoms in total. The van der Waals surface area contributed by atoms with Gasteiger partial charge in [-0.3, -0.25) is 4.79 Å². The number of hydrogen-bond acceptors (Lipinski definition) is 5. The lowest BCUT2D eigenvalue weighted by Gasteiger charge is -2.24. The van der Waals surface area contributed by atoms with E-state index in [1.54, 1.807) is 19.2 Å². The predicted octanol–water partition coefficient (Wildman–Crippen LogP) is 3.24. The van der Waals surface area contributed by atoms with Gasteiger partial charge < -0.3 is 9.32 Å². The Morgan fingerprint density at radius 2 is 2.04 bits per heavy atom. The molecule has 2 rings (SSSR count). The van der Waals surface area contributed by atoms with E-state index < -0.39 is 32.7 Å². The van der Waals surface area contributed by atoms with Gasteiger partial charge in [0.2, 0.25) is 15.9 Å². The maximum Gasteiger partial charge on any atom is 0.244 e. The van der Waals surface area contributed by atoms with E-state index in [0.717, 1.165) is 12.1 Å². The second-order valence-electron chi connectivity index (χ2n) is 5.79. The first kappa shape index (κ1) is 21.9. The van der Waals surface area contributed by atoms with Crippen LogP contribution in [0.2, 0.25) is 0 Å². The van der Waals surface area contributed by atoms with Crippen molar-refractivity contribution in [3.63, 3.8) is 0 Å². The van der Waals surface area contributed by atoms with Crippen LogP contribution in [0.4, 0.5) is 4.39 Å². The highest BCUT2D eigenvalue weighted by atomic mass is 79.9. The van der Waals surface area contributed by atoms with Crippen LogP contribution < -0.4 is 4.72 Å². The molecule has 0 saturated heterocycles. The van der Waals surface area contributed by atoms with E-state index in [-0.39, 0.29) is 13.0 Å². The zero-order valence-electron chi connectivity index (χ0n) is 14.8. The number of amides is 1. The molecule has 10 heteroatoms. The maximum atomic E-state index is 13.9. The molecule has 1 atom stereocenters. The van der Waals surface area contributed by atoms with Crippen LogP contribution in [-0.4, -0.2) is 44.3 Å². The van der Waals surface area contributed by atoms with Crippen LogP contribution in [0, 0.1) is 5.82 Å². The van der Waals surface area contributed by atoms with E-state index in [0.29, 0.717) is 16.2 Å². The molecular formula is C17H20BrFN2O4S2. The van der Waals surface area contributed by atoms with Crippen molar-refractivity contribution in [3.05, 3.63) is 52.6 Å². The Balaban J connectivity index is 2.18. The fourth-order valence-corrected chi connectivity index (χ4v) is 4.51. The maximum absolute atomic E-state index is 13.9. The summed E-state index contributed by atoms with van der Waals surface area (Å²) in [6.45, 7) is 0.182. The van der Waals surface area contributed by atoms with Crippen molar-refractivity contribution in [1.82, 2.24) is 9.62 Å². The molecular weight excluding hydrogens is 459 g/mol. The standard InChI is InChI=1S/C17H20BrFN2O4S2/c1-21(11-12-7-8-16(18)25-12)17(22)14(9-10-26-2)20-27(23,24)15-6-4-3-5-13(15)19/h3-8,14,20H,9-11H2,1-2H3. The number of hydrogen-bond donors (Lipinski definition) is 1.